The van der Waals surface area contributed by atoms with Crippen molar-refractivity contribution in [3.8, 4) is 0 Å². The molecule has 1 fully saturated rings. The minimum Gasteiger partial charge on any atom is -0.480 e. The highest BCUT2D eigenvalue weighted by Gasteiger charge is 2.48. The van der Waals surface area contributed by atoms with E-state index in [2.05, 4.69) is 0 Å². The van der Waals surface area contributed by atoms with Crippen LogP contribution in [0.25, 0.3) is 6.08 Å². The van der Waals surface area contributed by atoms with Crippen molar-refractivity contribution in [1.82, 2.24) is 0 Å². The SMILES string of the molecule is O=C(O)[C@]1(C/C=C/c2ccco2)CCCOC1=O. The Morgan fingerprint density at radius 3 is 3.00 bits per heavy atom. The summed E-state index contributed by atoms with van der Waals surface area (Å²) in [7, 11) is 0. The molecule has 1 aromatic heterocycles. The molecule has 5 nitrogen and oxygen atoms in total. The molecule has 2 heterocycles. The first kappa shape index (κ1) is 12.4. The van der Waals surface area contributed by atoms with Crippen LogP contribution in [0.4, 0.5) is 0 Å². The number of carboxylic acids is 1. The normalized spacial score (nSPS) is 24.1. The summed E-state index contributed by atoms with van der Waals surface area (Å²) in [4.78, 5) is 23.0. The van der Waals surface area contributed by atoms with Gasteiger partial charge >= 0.3 is 11.9 Å². The number of hydrogen-bond acceptors (Lipinski definition) is 4. The zero-order chi connectivity index (χ0) is 13.0. The van der Waals surface area contributed by atoms with E-state index < -0.39 is 17.4 Å². The molecule has 1 N–H and O–H groups in total. The Kier molecular flexibility index (Phi) is 3.50. The molecule has 0 amide bonds. The Hall–Kier alpha value is -2.04. The van der Waals surface area contributed by atoms with Crippen molar-refractivity contribution >= 4 is 18.0 Å². The van der Waals surface area contributed by atoms with Crippen molar-refractivity contribution in [3.05, 3.63) is 30.2 Å². The standard InChI is InChI=1S/C13H14O5/c14-11(15)13(7-3-9-18-12(13)16)6-1-4-10-5-2-8-17-10/h1-2,4-5,8H,3,6-7,9H2,(H,14,15)/b4-1+/t13-/m0/s1. The van der Waals surface area contributed by atoms with Gasteiger partial charge < -0.3 is 14.3 Å². The summed E-state index contributed by atoms with van der Waals surface area (Å²) in [6.07, 6.45) is 5.83. The second-order valence-electron chi connectivity index (χ2n) is 4.25. The number of hydrogen-bond donors (Lipinski definition) is 1. The minimum atomic E-state index is -1.44. The molecule has 1 saturated heterocycles. The summed E-state index contributed by atoms with van der Waals surface area (Å²) in [5.74, 6) is -1.15. The van der Waals surface area contributed by atoms with Gasteiger partial charge in [-0.2, -0.15) is 0 Å². The Morgan fingerprint density at radius 2 is 2.39 bits per heavy atom. The van der Waals surface area contributed by atoms with Crippen molar-refractivity contribution in [2.24, 2.45) is 5.41 Å². The molecule has 1 aromatic rings. The van der Waals surface area contributed by atoms with Gasteiger partial charge in [-0.25, -0.2) is 0 Å². The number of allylic oxidation sites excluding steroid dienone is 1. The molecule has 0 aromatic carbocycles. The van der Waals surface area contributed by atoms with E-state index in [-0.39, 0.29) is 6.42 Å². The zero-order valence-electron chi connectivity index (χ0n) is 9.80. The van der Waals surface area contributed by atoms with Crippen LogP contribution in [0, 0.1) is 5.41 Å². The lowest BCUT2D eigenvalue weighted by molar-refractivity contribution is -0.174. The van der Waals surface area contributed by atoms with Crippen molar-refractivity contribution < 1.29 is 23.8 Å². The largest absolute Gasteiger partial charge is 0.480 e. The van der Waals surface area contributed by atoms with Crippen molar-refractivity contribution in [2.75, 3.05) is 6.61 Å². The quantitative estimate of drug-likeness (QED) is 0.654. The Morgan fingerprint density at radius 1 is 1.56 bits per heavy atom. The highest BCUT2D eigenvalue weighted by atomic mass is 16.5. The molecule has 18 heavy (non-hydrogen) atoms. The molecule has 1 aliphatic rings. The predicted octanol–water partition coefficient (Wildman–Crippen LogP) is 2.09. The fraction of sp³-hybridized carbons (Fsp3) is 0.385. The Balaban J connectivity index is 2.11. The Bertz CT molecular complexity index is 460. The summed E-state index contributed by atoms with van der Waals surface area (Å²) < 4.78 is 9.96. The lowest BCUT2D eigenvalue weighted by Gasteiger charge is -2.29. The Labute approximate surface area is 104 Å². The third kappa shape index (κ3) is 2.30. The molecule has 0 bridgehead atoms. The van der Waals surface area contributed by atoms with Gasteiger partial charge in [0.1, 0.15) is 5.76 Å². The average molecular weight is 250 g/mol. The van der Waals surface area contributed by atoms with Gasteiger partial charge in [0.25, 0.3) is 0 Å². The van der Waals surface area contributed by atoms with Crippen LogP contribution in [0.1, 0.15) is 25.0 Å². The molecule has 0 spiro atoms. The average Bonchev–Trinajstić information content (AvgIpc) is 2.84. The number of furan rings is 1. The minimum absolute atomic E-state index is 0.113. The summed E-state index contributed by atoms with van der Waals surface area (Å²) in [6, 6.07) is 3.49. The van der Waals surface area contributed by atoms with Gasteiger partial charge in [0, 0.05) is 0 Å². The fourth-order valence-corrected chi connectivity index (χ4v) is 2.01. The zero-order valence-corrected chi connectivity index (χ0v) is 9.80. The molecule has 0 saturated carbocycles. The van der Waals surface area contributed by atoms with Gasteiger partial charge in [0.2, 0.25) is 0 Å². The van der Waals surface area contributed by atoms with Gasteiger partial charge in [-0.15, -0.1) is 0 Å². The molecule has 0 radical (unpaired) electrons. The molecular weight excluding hydrogens is 236 g/mol. The van der Waals surface area contributed by atoms with Gasteiger partial charge in [0.15, 0.2) is 5.41 Å². The van der Waals surface area contributed by atoms with Crippen LogP contribution in [0.3, 0.4) is 0 Å². The molecule has 5 heteroatoms. The maximum atomic E-state index is 11.7. The van der Waals surface area contributed by atoms with Crippen molar-refractivity contribution in [3.63, 3.8) is 0 Å². The van der Waals surface area contributed by atoms with Crippen LogP contribution in [-0.4, -0.2) is 23.7 Å². The maximum Gasteiger partial charge on any atom is 0.323 e. The first-order valence-electron chi connectivity index (χ1n) is 5.76. The summed E-state index contributed by atoms with van der Waals surface area (Å²) in [6.45, 7) is 0.301. The molecule has 2 rings (SSSR count). The first-order chi connectivity index (χ1) is 8.65. The van der Waals surface area contributed by atoms with Crippen LogP contribution in [-0.2, 0) is 14.3 Å². The van der Waals surface area contributed by atoms with Gasteiger partial charge in [-0.3, -0.25) is 9.59 Å². The molecule has 1 aliphatic heterocycles. The maximum absolute atomic E-state index is 11.7. The lowest BCUT2D eigenvalue weighted by atomic mass is 9.78. The van der Waals surface area contributed by atoms with Crippen molar-refractivity contribution in [2.45, 2.75) is 19.3 Å². The van der Waals surface area contributed by atoms with E-state index in [1.807, 2.05) is 0 Å². The van der Waals surface area contributed by atoms with Gasteiger partial charge in [-0.1, -0.05) is 6.08 Å². The number of carboxylic acid groups (broad SMARTS) is 1. The molecule has 1 atom stereocenters. The summed E-state index contributed by atoms with van der Waals surface area (Å²) in [5.41, 5.74) is -1.44. The van der Waals surface area contributed by atoms with Crippen LogP contribution in [0.5, 0.6) is 0 Å². The van der Waals surface area contributed by atoms with E-state index in [1.54, 1.807) is 24.3 Å². The number of esters is 1. The number of ether oxygens (including phenoxy) is 1. The predicted molar refractivity (Wildman–Crippen MR) is 62.6 cm³/mol. The second kappa shape index (κ2) is 5.08. The van der Waals surface area contributed by atoms with Gasteiger partial charge in [-0.05, 0) is 37.5 Å². The highest BCUT2D eigenvalue weighted by molar-refractivity contribution is 5.99. The van der Waals surface area contributed by atoms with Crippen LogP contribution in [0.15, 0.2) is 28.9 Å². The summed E-state index contributed by atoms with van der Waals surface area (Å²) in [5, 5.41) is 9.26. The number of carbonyl (C=O) groups is 2. The molecule has 0 unspecified atom stereocenters. The summed E-state index contributed by atoms with van der Waals surface area (Å²) >= 11 is 0. The van der Waals surface area contributed by atoms with E-state index in [9.17, 15) is 14.7 Å². The fourth-order valence-electron chi connectivity index (χ4n) is 2.01. The van der Waals surface area contributed by atoms with Crippen LogP contribution >= 0.6 is 0 Å². The number of aliphatic carboxylic acids is 1. The highest BCUT2D eigenvalue weighted by Crippen LogP contribution is 2.34. The lowest BCUT2D eigenvalue weighted by Crippen LogP contribution is -2.43. The van der Waals surface area contributed by atoms with E-state index >= 15 is 0 Å². The van der Waals surface area contributed by atoms with E-state index in [1.165, 1.54) is 6.26 Å². The van der Waals surface area contributed by atoms with Gasteiger partial charge in [0.05, 0.1) is 12.9 Å². The topological polar surface area (TPSA) is 76.7 Å². The number of rotatable bonds is 4. The van der Waals surface area contributed by atoms with Crippen LogP contribution in [0.2, 0.25) is 0 Å². The molecular formula is C13H14O5. The smallest absolute Gasteiger partial charge is 0.323 e. The molecule has 0 aliphatic carbocycles. The number of cyclic esters (lactones) is 1. The third-order valence-corrected chi connectivity index (χ3v) is 3.07. The van der Waals surface area contributed by atoms with E-state index in [0.29, 0.717) is 25.2 Å². The van der Waals surface area contributed by atoms with E-state index in [0.717, 1.165) is 0 Å². The molecule has 96 valence electrons. The van der Waals surface area contributed by atoms with E-state index in [4.69, 9.17) is 9.15 Å². The van der Waals surface area contributed by atoms with Crippen molar-refractivity contribution in [1.29, 1.82) is 0 Å². The third-order valence-electron chi connectivity index (χ3n) is 3.07. The first-order valence-corrected chi connectivity index (χ1v) is 5.76. The van der Waals surface area contributed by atoms with Crippen LogP contribution < -0.4 is 0 Å². The number of carbonyl (C=O) groups excluding carboxylic acids is 1. The monoisotopic (exact) mass is 250 g/mol. The second-order valence-corrected chi connectivity index (χ2v) is 4.25.